The molecule has 34 heavy (non-hydrogen) atoms. The van der Waals surface area contributed by atoms with Crippen molar-refractivity contribution in [2.75, 3.05) is 18.0 Å². The summed E-state index contributed by atoms with van der Waals surface area (Å²) >= 11 is 1.63. The van der Waals surface area contributed by atoms with Gasteiger partial charge in [-0.25, -0.2) is 4.98 Å². The molecule has 1 aliphatic carbocycles. The molecule has 1 aliphatic heterocycles. The highest BCUT2D eigenvalue weighted by Crippen LogP contribution is 2.45. The van der Waals surface area contributed by atoms with E-state index in [1.807, 2.05) is 54.6 Å². The Morgan fingerprint density at radius 2 is 1.74 bits per heavy atom. The lowest BCUT2D eigenvalue weighted by Gasteiger charge is -2.36. The average molecular weight is 467 g/mol. The predicted molar refractivity (Wildman–Crippen MR) is 136 cm³/mol. The van der Waals surface area contributed by atoms with E-state index in [-0.39, 0.29) is 5.92 Å². The van der Waals surface area contributed by atoms with Gasteiger partial charge in [-0.1, -0.05) is 59.9 Å². The number of thiazole rings is 1. The molecular weight excluding hydrogens is 444 g/mol. The molecule has 0 amide bonds. The summed E-state index contributed by atoms with van der Waals surface area (Å²) in [7, 11) is 0. The summed E-state index contributed by atoms with van der Waals surface area (Å²) < 4.78 is 5.96. The minimum atomic E-state index is -0.742. The third-order valence-corrected chi connectivity index (χ3v) is 7.44. The van der Waals surface area contributed by atoms with Crippen LogP contribution in [0.5, 0.6) is 11.5 Å². The van der Waals surface area contributed by atoms with Crippen LogP contribution in [-0.4, -0.2) is 29.1 Å². The van der Waals surface area contributed by atoms with Gasteiger partial charge in [-0.05, 0) is 53.9 Å². The Morgan fingerprint density at radius 1 is 0.971 bits per heavy atom. The van der Waals surface area contributed by atoms with Gasteiger partial charge in [0.25, 0.3) is 0 Å². The lowest BCUT2D eigenvalue weighted by Crippen LogP contribution is -2.50. The molecule has 4 aromatic rings. The van der Waals surface area contributed by atoms with Crippen LogP contribution >= 0.6 is 11.3 Å². The smallest absolute Gasteiger partial charge is 0.310 e. The van der Waals surface area contributed by atoms with Gasteiger partial charge in [0.1, 0.15) is 11.5 Å². The van der Waals surface area contributed by atoms with Crippen LogP contribution in [0.3, 0.4) is 0 Å². The first-order valence-corrected chi connectivity index (χ1v) is 12.1. The molecular formula is C28H22N2O3S. The number of carbonyl (C=O) groups is 1. The van der Waals surface area contributed by atoms with Crippen LogP contribution in [0.1, 0.15) is 11.1 Å². The number of benzene rings is 3. The van der Waals surface area contributed by atoms with Gasteiger partial charge < -0.3 is 14.7 Å². The zero-order valence-electron chi connectivity index (χ0n) is 18.3. The maximum absolute atomic E-state index is 11.3. The fraction of sp³-hybridized carbons (Fsp3) is 0.143. The van der Waals surface area contributed by atoms with Gasteiger partial charge in [0, 0.05) is 24.2 Å². The van der Waals surface area contributed by atoms with E-state index in [4.69, 9.17) is 9.72 Å². The highest BCUT2D eigenvalue weighted by molar-refractivity contribution is 7.19. The van der Waals surface area contributed by atoms with Crippen molar-refractivity contribution in [1.29, 1.82) is 0 Å². The first-order valence-electron chi connectivity index (χ1n) is 11.3. The quantitative estimate of drug-likeness (QED) is 0.358. The van der Waals surface area contributed by atoms with E-state index < -0.39 is 5.97 Å². The Balaban J connectivity index is 1.37. The highest BCUT2D eigenvalue weighted by atomic mass is 32.1. The number of carboxylic acid groups (broad SMARTS) is 1. The Hall–Kier alpha value is -3.90. The molecule has 2 aliphatic rings. The van der Waals surface area contributed by atoms with Crippen LogP contribution in [0.2, 0.25) is 0 Å². The van der Waals surface area contributed by atoms with E-state index in [9.17, 15) is 9.90 Å². The van der Waals surface area contributed by atoms with E-state index in [2.05, 4.69) is 35.3 Å². The molecule has 0 unspecified atom stereocenters. The molecule has 0 saturated carbocycles. The number of hydrogen-bond donors (Lipinski definition) is 1. The number of carboxylic acids is 1. The zero-order chi connectivity index (χ0) is 23.1. The summed E-state index contributed by atoms with van der Waals surface area (Å²) in [6, 6.07) is 24.1. The molecule has 0 radical (unpaired) electrons. The third kappa shape index (κ3) is 3.76. The van der Waals surface area contributed by atoms with Gasteiger partial charge in [0.2, 0.25) is 0 Å². The van der Waals surface area contributed by atoms with Gasteiger partial charge in [0.05, 0.1) is 16.5 Å². The molecule has 1 fully saturated rings. The molecule has 6 rings (SSSR count). The Morgan fingerprint density at radius 3 is 2.50 bits per heavy atom. The van der Waals surface area contributed by atoms with Crippen LogP contribution in [0.15, 0.2) is 78.9 Å². The molecule has 6 heteroatoms. The molecule has 0 bridgehead atoms. The van der Waals surface area contributed by atoms with Gasteiger partial charge in [-0.3, -0.25) is 4.79 Å². The van der Waals surface area contributed by atoms with Crippen molar-refractivity contribution in [2.45, 2.75) is 6.42 Å². The number of hydrogen-bond acceptors (Lipinski definition) is 5. The molecule has 0 atom stereocenters. The fourth-order valence-corrected chi connectivity index (χ4v) is 5.55. The van der Waals surface area contributed by atoms with E-state index in [0.29, 0.717) is 13.1 Å². The van der Waals surface area contributed by atoms with Crippen molar-refractivity contribution < 1.29 is 14.6 Å². The van der Waals surface area contributed by atoms with Crippen LogP contribution in [-0.2, 0) is 11.2 Å². The Labute approximate surface area is 201 Å². The highest BCUT2D eigenvalue weighted by Gasteiger charge is 2.35. The molecule has 1 aromatic heterocycles. The summed E-state index contributed by atoms with van der Waals surface area (Å²) in [6.45, 7) is 0.997. The number of allylic oxidation sites excluding steroid dienone is 1. The monoisotopic (exact) mass is 466 g/mol. The van der Waals surface area contributed by atoms with E-state index >= 15 is 0 Å². The van der Waals surface area contributed by atoms with Crippen molar-refractivity contribution in [1.82, 2.24) is 4.98 Å². The normalized spacial score (nSPS) is 14.6. The molecule has 1 N–H and O–H groups in total. The number of rotatable bonds is 6. The Bertz CT molecular complexity index is 1390. The van der Waals surface area contributed by atoms with E-state index in [1.54, 1.807) is 11.3 Å². The number of aliphatic carboxylic acids is 1. The maximum Gasteiger partial charge on any atom is 0.310 e. The van der Waals surface area contributed by atoms with Crippen molar-refractivity contribution in [2.24, 2.45) is 5.92 Å². The van der Waals surface area contributed by atoms with Crippen LogP contribution < -0.4 is 9.64 Å². The number of ether oxygens (including phenoxy) is 1. The topological polar surface area (TPSA) is 62.7 Å². The second-order valence-corrected chi connectivity index (χ2v) is 9.52. The van der Waals surface area contributed by atoms with Crippen LogP contribution in [0.25, 0.3) is 27.8 Å². The SMILES string of the molecule is O=C(O)C1CN(c2nc(-c3ccc(Oc4ccccc4)cc3)c(-c3cccc4c3C=CC4)s2)C1. The second-order valence-electron chi connectivity index (χ2n) is 8.54. The standard InChI is InChI=1S/C28H22N2O3S/c31-27(32)20-16-30(17-20)28-29-25(26(34-28)24-11-5-7-18-6-4-10-23(18)24)19-12-14-22(15-13-19)33-21-8-2-1-3-9-21/h1-5,7-15,20H,6,16-17H2,(H,31,32). The second kappa shape index (κ2) is 8.47. The average Bonchev–Trinajstić information content (AvgIpc) is 3.46. The summed E-state index contributed by atoms with van der Waals surface area (Å²) in [6.07, 6.45) is 5.33. The van der Waals surface area contributed by atoms with Crippen molar-refractivity contribution >= 4 is 28.5 Å². The number of aromatic nitrogens is 1. The molecule has 1 saturated heterocycles. The Kier molecular flexibility index (Phi) is 5.15. The molecule has 2 heterocycles. The fourth-order valence-electron chi connectivity index (χ4n) is 4.41. The molecule has 168 valence electrons. The largest absolute Gasteiger partial charge is 0.481 e. The first kappa shape index (κ1) is 20.7. The number of nitrogens with zero attached hydrogens (tertiary/aromatic N) is 2. The van der Waals surface area contributed by atoms with Gasteiger partial charge in [0.15, 0.2) is 5.13 Å². The number of fused-ring (bicyclic) bond motifs is 1. The first-order chi connectivity index (χ1) is 16.7. The minimum absolute atomic E-state index is 0.325. The summed E-state index contributed by atoms with van der Waals surface area (Å²) in [5.74, 6) is 0.495. The van der Waals surface area contributed by atoms with Gasteiger partial charge in [-0.2, -0.15) is 0 Å². The minimum Gasteiger partial charge on any atom is -0.481 e. The van der Waals surface area contributed by atoms with Crippen molar-refractivity contribution in [3.8, 4) is 33.2 Å². The maximum atomic E-state index is 11.3. The number of para-hydroxylation sites is 1. The van der Waals surface area contributed by atoms with Crippen LogP contribution in [0.4, 0.5) is 5.13 Å². The lowest BCUT2D eigenvalue weighted by atomic mass is 9.99. The molecule has 5 nitrogen and oxygen atoms in total. The van der Waals surface area contributed by atoms with Gasteiger partial charge >= 0.3 is 5.97 Å². The molecule has 0 spiro atoms. The van der Waals surface area contributed by atoms with E-state index in [0.717, 1.165) is 39.2 Å². The predicted octanol–water partition coefficient (Wildman–Crippen LogP) is 6.36. The van der Waals surface area contributed by atoms with Crippen LogP contribution in [0, 0.1) is 5.92 Å². The molecule has 3 aromatic carbocycles. The lowest BCUT2D eigenvalue weighted by molar-refractivity contribution is -0.142. The van der Waals surface area contributed by atoms with Crippen molar-refractivity contribution in [3.63, 3.8) is 0 Å². The van der Waals surface area contributed by atoms with Crippen molar-refractivity contribution in [3.05, 3.63) is 90.0 Å². The number of anilines is 1. The van der Waals surface area contributed by atoms with E-state index in [1.165, 1.54) is 16.7 Å². The van der Waals surface area contributed by atoms with Gasteiger partial charge in [-0.15, -0.1) is 0 Å². The third-order valence-electron chi connectivity index (χ3n) is 6.29. The summed E-state index contributed by atoms with van der Waals surface area (Å²) in [5.41, 5.74) is 5.66. The summed E-state index contributed by atoms with van der Waals surface area (Å²) in [4.78, 5) is 19.5. The zero-order valence-corrected chi connectivity index (χ0v) is 19.2. The summed E-state index contributed by atoms with van der Waals surface area (Å²) in [5, 5.41) is 10.2.